The molecule has 0 aliphatic rings. The fourth-order valence-corrected chi connectivity index (χ4v) is 4.57. The van der Waals surface area contributed by atoms with Gasteiger partial charge in [0.25, 0.3) is 5.22 Å². The molecule has 5 nitrogen and oxygen atoms in total. The molecule has 0 saturated carbocycles. The molecule has 7 heteroatoms. The summed E-state index contributed by atoms with van der Waals surface area (Å²) in [4.78, 5) is 21.1. The van der Waals surface area contributed by atoms with Crippen molar-refractivity contribution in [2.24, 2.45) is 0 Å². The molecule has 0 atom stereocenters. The van der Waals surface area contributed by atoms with Crippen molar-refractivity contribution < 1.29 is 9.21 Å². The van der Waals surface area contributed by atoms with Crippen LogP contribution >= 0.6 is 23.5 Å². The van der Waals surface area contributed by atoms with E-state index in [1.54, 1.807) is 23.5 Å². The molecular formula is C23H29N3O2S2. The Balaban J connectivity index is 1.22. The molecule has 3 aromatic rings. The Morgan fingerprint density at radius 1 is 1.00 bits per heavy atom. The van der Waals surface area contributed by atoms with Gasteiger partial charge in [-0.25, -0.2) is 9.97 Å². The van der Waals surface area contributed by atoms with Crippen LogP contribution in [-0.4, -0.2) is 27.9 Å². The minimum Gasteiger partial charge on any atom is -0.431 e. The van der Waals surface area contributed by atoms with Crippen LogP contribution in [0.5, 0.6) is 0 Å². The van der Waals surface area contributed by atoms with Crippen LogP contribution in [0.15, 0.2) is 51.1 Å². The van der Waals surface area contributed by atoms with E-state index in [1.807, 2.05) is 49.6 Å². The van der Waals surface area contributed by atoms with E-state index in [9.17, 15) is 4.79 Å². The Morgan fingerprint density at radius 2 is 1.77 bits per heavy atom. The van der Waals surface area contributed by atoms with Crippen molar-refractivity contribution in [1.29, 1.82) is 0 Å². The fraction of sp³-hybridized carbons (Fsp3) is 0.435. The van der Waals surface area contributed by atoms with Crippen molar-refractivity contribution in [2.45, 2.75) is 62.1 Å². The van der Waals surface area contributed by atoms with Crippen LogP contribution in [0.4, 0.5) is 5.69 Å². The Morgan fingerprint density at radius 3 is 2.57 bits per heavy atom. The standard InChI is InChI=1S/C23H29N3O2S2/c1-17-14-15-19(22(24-17)29-2)25-21(27)13-7-5-3-4-6-10-16-30-23-26-18-11-8-9-12-20(18)28-23/h8-9,11-12,14-15H,3-7,10,13,16H2,1-2H3,(H,25,27). The Labute approximate surface area is 186 Å². The average Bonchev–Trinajstić information content (AvgIpc) is 3.16. The van der Waals surface area contributed by atoms with Gasteiger partial charge < -0.3 is 9.73 Å². The molecule has 0 fully saturated rings. The van der Waals surface area contributed by atoms with E-state index < -0.39 is 0 Å². The van der Waals surface area contributed by atoms with Crippen LogP contribution in [0.3, 0.4) is 0 Å². The van der Waals surface area contributed by atoms with E-state index in [2.05, 4.69) is 15.3 Å². The number of rotatable bonds is 12. The molecule has 2 aromatic heterocycles. The predicted octanol–water partition coefficient (Wildman–Crippen LogP) is 6.71. The predicted molar refractivity (Wildman–Crippen MR) is 126 cm³/mol. The summed E-state index contributed by atoms with van der Waals surface area (Å²) in [6.45, 7) is 1.96. The van der Waals surface area contributed by atoms with Crippen LogP contribution in [0.25, 0.3) is 11.1 Å². The highest BCUT2D eigenvalue weighted by atomic mass is 32.2. The number of carbonyl (C=O) groups is 1. The summed E-state index contributed by atoms with van der Waals surface area (Å²) >= 11 is 3.24. The third kappa shape index (κ3) is 7.06. The molecule has 0 radical (unpaired) electrons. The van der Waals surface area contributed by atoms with E-state index >= 15 is 0 Å². The Hall–Kier alpha value is -1.99. The molecular weight excluding hydrogens is 414 g/mol. The van der Waals surface area contributed by atoms with Gasteiger partial charge in [-0.05, 0) is 50.3 Å². The zero-order chi connectivity index (χ0) is 21.2. The number of thioether (sulfide) groups is 2. The lowest BCUT2D eigenvalue weighted by Gasteiger charge is -2.09. The van der Waals surface area contributed by atoms with Gasteiger partial charge >= 0.3 is 0 Å². The fourth-order valence-electron chi connectivity index (χ4n) is 3.16. The maximum absolute atomic E-state index is 12.2. The number of fused-ring (bicyclic) bond motifs is 1. The Kier molecular flexibility index (Phi) is 9.08. The minimum atomic E-state index is 0.0747. The van der Waals surface area contributed by atoms with Crippen LogP contribution in [0.1, 0.15) is 50.6 Å². The van der Waals surface area contributed by atoms with Crippen molar-refractivity contribution in [1.82, 2.24) is 9.97 Å². The first-order chi connectivity index (χ1) is 14.7. The van der Waals surface area contributed by atoms with Gasteiger partial charge in [0.2, 0.25) is 5.91 Å². The highest BCUT2D eigenvalue weighted by Crippen LogP contribution is 2.25. The number of carbonyl (C=O) groups excluding carboxylic acids is 1. The third-order valence-corrected chi connectivity index (χ3v) is 6.38. The average molecular weight is 444 g/mol. The summed E-state index contributed by atoms with van der Waals surface area (Å²) in [5.74, 6) is 1.10. The maximum Gasteiger partial charge on any atom is 0.256 e. The molecule has 0 aliphatic carbocycles. The molecule has 0 spiro atoms. The number of oxazole rings is 1. The number of benzene rings is 1. The van der Waals surface area contributed by atoms with Crippen molar-refractivity contribution in [2.75, 3.05) is 17.3 Å². The highest BCUT2D eigenvalue weighted by Gasteiger charge is 2.08. The lowest BCUT2D eigenvalue weighted by molar-refractivity contribution is -0.116. The quantitative estimate of drug-likeness (QED) is 0.248. The second-order valence-electron chi connectivity index (χ2n) is 7.22. The molecule has 0 bridgehead atoms. The molecule has 1 amide bonds. The lowest BCUT2D eigenvalue weighted by atomic mass is 10.1. The molecule has 1 aromatic carbocycles. The van der Waals surface area contributed by atoms with Gasteiger partial charge in [-0.1, -0.05) is 49.6 Å². The zero-order valence-electron chi connectivity index (χ0n) is 17.6. The summed E-state index contributed by atoms with van der Waals surface area (Å²) in [5.41, 5.74) is 3.55. The zero-order valence-corrected chi connectivity index (χ0v) is 19.3. The van der Waals surface area contributed by atoms with E-state index in [-0.39, 0.29) is 5.91 Å². The van der Waals surface area contributed by atoms with Gasteiger partial charge in [0.15, 0.2) is 5.58 Å². The first-order valence-electron chi connectivity index (χ1n) is 10.5. The van der Waals surface area contributed by atoms with Crippen molar-refractivity contribution in [3.63, 3.8) is 0 Å². The Bertz CT molecular complexity index is 926. The first kappa shape index (κ1) is 22.7. The normalized spacial score (nSPS) is 11.1. The molecule has 0 aliphatic heterocycles. The summed E-state index contributed by atoms with van der Waals surface area (Å²) in [5, 5.41) is 4.63. The minimum absolute atomic E-state index is 0.0747. The highest BCUT2D eigenvalue weighted by molar-refractivity contribution is 7.99. The van der Waals surface area contributed by atoms with Crippen molar-refractivity contribution >= 4 is 46.2 Å². The number of nitrogens with one attached hydrogen (secondary N) is 1. The number of aromatic nitrogens is 2. The SMILES string of the molecule is CSc1nc(C)ccc1NC(=O)CCCCCCCCSc1nc2ccccc2o1. The van der Waals surface area contributed by atoms with Gasteiger partial charge in [0, 0.05) is 17.9 Å². The number of unbranched alkanes of at least 4 members (excludes halogenated alkanes) is 5. The van der Waals surface area contributed by atoms with E-state index in [0.717, 1.165) is 57.7 Å². The molecule has 0 saturated heterocycles. The van der Waals surface area contributed by atoms with E-state index in [0.29, 0.717) is 6.42 Å². The molecule has 3 rings (SSSR count). The number of hydrogen-bond donors (Lipinski definition) is 1. The number of amides is 1. The van der Waals surface area contributed by atoms with Crippen LogP contribution in [-0.2, 0) is 4.79 Å². The number of pyridine rings is 1. The van der Waals surface area contributed by atoms with Gasteiger partial charge in [0.05, 0.1) is 5.69 Å². The molecule has 2 heterocycles. The van der Waals surface area contributed by atoms with Gasteiger partial charge in [-0.2, -0.15) is 0 Å². The van der Waals surface area contributed by atoms with Gasteiger partial charge in [0.1, 0.15) is 10.5 Å². The monoisotopic (exact) mass is 443 g/mol. The largest absolute Gasteiger partial charge is 0.431 e. The van der Waals surface area contributed by atoms with Gasteiger partial charge in [-0.15, -0.1) is 11.8 Å². The van der Waals surface area contributed by atoms with Crippen LogP contribution in [0, 0.1) is 6.92 Å². The van der Waals surface area contributed by atoms with E-state index in [4.69, 9.17) is 4.42 Å². The molecule has 1 N–H and O–H groups in total. The number of hydrogen-bond acceptors (Lipinski definition) is 6. The molecule has 0 unspecified atom stereocenters. The topological polar surface area (TPSA) is 68.0 Å². The summed E-state index contributed by atoms with van der Waals surface area (Å²) in [6, 6.07) is 11.7. The van der Waals surface area contributed by atoms with Crippen molar-refractivity contribution in [3.8, 4) is 0 Å². The van der Waals surface area contributed by atoms with Gasteiger partial charge in [-0.3, -0.25) is 4.79 Å². The second kappa shape index (κ2) is 12.0. The smallest absolute Gasteiger partial charge is 0.256 e. The maximum atomic E-state index is 12.2. The summed E-state index contributed by atoms with van der Waals surface area (Å²) < 4.78 is 5.72. The third-order valence-electron chi connectivity index (χ3n) is 4.76. The summed E-state index contributed by atoms with van der Waals surface area (Å²) in [6.07, 6.45) is 9.29. The molecule has 160 valence electrons. The summed E-state index contributed by atoms with van der Waals surface area (Å²) in [7, 11) is 0. The van der Waals surface area contributed by atoms with Crippen LogP contribution in [0.2, 0.25) is 0 Å². The number of para-hydroxylation sites is 2. The van der Waals surface area contributed by atoms with Crippen molar-refractivity contribution in [3.05, 3.63) is 42.1 Å². The van der Waals surface area contributed by atoms with E-state index in [1.165, 1.54) is 19.3 Å². The molecule has 30 heavy (non-hydrogen) atoms. The number of aryl methyl sites for hydroxylation is 1. The first-order valence-corrected chi connectivity index (χ1v) is 12.7. The van der Waals surface area contributed by atoms with Crippen LogP contribution < -0.4 is 5.32 Å². The lowest BCUT2D eigenvalue weighted by Crippen LogP contribution is -2.12. The number of anilines is 1. The number of nitrogens with zero attached hydrogens (tertiary/aromatic N) is 2. The second-order valence-corrected chi connectivity index (χ2v) is 9.07.